The summed E-state index contributed by atoms with van der Waals surface area (Å²) in [6, 6.07) is 13.5. The Hall–Kier alpha value is -2.60. The lowest BCUT2D eigenvalue weighted by atomic mass is 10.1. The van der Waals surface area contributed by atoms with Crippen LogP contribution in [0.15, 0.2) is 54.1 Å². The highest BCUT2D eigenvalue weighted by atomic mass is 32.2. The van der Waals surface area contributed by atoms with E-state index in [-0.39, 0.29) is 5.91 Å². The number of anilines is 1. The monoisotopic (exact) mass is 538 g/mol. The highest BCUT2D eigenvalue weighted by molar-refractivity contribution is 8.02. The summed E-state index contributed by atoms with van der Waals surface area (Å²) in [6.07, 6.45) is 17.7. The Kier molecular flexibility index (Phi) is 14.0. The van der Waals surface area contributed by atoms with Gasteiger partial charge in [-0.1, -0.05) is 95.8 Å². The molecule has 0 aromatic heterocycles. The topological polar surface area (TPSA) is 50.8 Å². The Bertz CT molecular complexity index is 994. The van der Waals surface area contributed by atoms with Crippen LogP contribution in [0.5, 0.6) is 11.5 Å². The van der Waals surface area contributed by atoms with Gasteiger partial charge in [0.25, 0.3) is 5.91 Å². The molecule has 5 nitrogen and oxygen atoms in total. The Labute approximate surface area is 234 Å². The molecule has 0 bridgehead atoms. The molecule has 1 aliphatic heterocycles. The number of methoxy groups -OCH3 is 1. The fourth-order valence-electron chi connectivity index (χ4n) is 4.71. The predicted octanol–water partition coefficient (Wildman–Crippen LogP) is 9.00. The summed E-state index contributed by atoms with van der Waals surface area (Å²) in [4.78, 5) is 15.5. The van der Waals surface area contributed by atoms with E-state index in [4.69, 9.17) is 9.47 Å². The third-order valence-electron chi connectivity index (χ3n) is 6.87. The predicted molar refractivity (Wildman–Crippen MR) is 161 cm³/mol. The van der Waals surface area contributed by atoms with E-state index in [9.17, 15) is 4.79 Å². The molecule has 1 heterocycles. The van der Waals surface area contributed by atoms with Gasteiger partial charge < -0.3 is 19.7 Å². The number of thioether (sulfide) groups is 1. The van der Waals surface area contributed by atoms with Crippen molar-refractivity contribution in [2.75, 3.05) is 24.9 Å². The molecule has 0 radical (unpaired) electrons. The molecule has 38 heavy (non-hydrogen) atoms. The van der Waals surface area contributed by atoms with Crippen LogP contribution in [0, 0.1) is 0 Å². The molecular formula is C32H46N2O3S. The summed E-state index contributed by atoms with van der Waals surface area (Å²) in [5.74, 6) is 1.87. The number of nitrogens with one attached hydrogen (secondary N) is 1. The molecule has 1 aliphatic rings. The van der Waals surface area contributed by atoms with Gasteiger partial charge in [0, 0.05) is 18.4 Å². The van der Waals surface area contributed by atoms with Gasteiger partial charge in [-0.3, -0.25) is 4.79 Å². The SMILES string of the molecule is CCCCCCCCCCCCCCOc1c(OC)cccc1C(=O)Nc1cccc(CN2C=CSC2)c1. The van der Waals surface area contributed by atoms with Crippen molar-refractivity contribution in [3.8, 4) is 11.5 Å². The van der Waals surface area contributed by atoms with Crippen molar-refractivity contribution in [1.82, 2.24) is 4.90 Å². The molecule has 0 saturated heterocycles. The first-order chi connectivity index (χ1) is 18.7. The smallest absolute Gasteiger partial charge is 0.259 e. The lowest BCUT2D eigenvalue weighted by Gasteiger charge is -2.16. The van der Waals surface area contributed by atoms with Gasteiger partial charge in [-0.25, -0.2) is 0 Å². The van der Waals surface area contributed by atoms with Crippen LogP contribution in [-0.4, -0.2) is 30.4 Å². The third kappa shape index (κ3) is 10.6. The van der Waals surface area contributed by atoms with Crippen molar-refractivity contribution >= 4 is 23.4 Å². The second-order valence-corrected chi connectivity index (χ2v) is 10.9. The van der Waals surface area contributed by atoms with Crippen LogP contribution in [0.2, 0.25) is 0 Å². The van der Waals surface area contributed by atoms with E-state index in [0.717, 1.165) is 36.5 Å². The summed E-state index contributed by atoms with van der Waals surface area (Å²) >= 11 is 1.79. The van der Waals surface area contributed by atoms with Crippen molar-refractivity contribution in [2.24, 2.45) is 0 Å². The minimum Gasteiger partial charge on any atom is -0.493 e. The average molecular weight is 539 g/mol. The first-order valence-electron chi connectivity index (χ1n) is 14.4. The van der Waals surface area contributed by atoms with Crippen molar-refractivity contribution in [3.63, 3.8) is 0 Å². The molecule has 1 N–H and O–H groups in total. The van der Waals surface area contributed by atoms with Crippen molar-refractivity contribution < 1.29 is 14.3 Å². The second kappa shape index (κ2) is 17.8. The van der Waals surface area contributed by atoms with Crippen LogP contribution in [0.25, 0.3) is 0 Å². The van der Waals surface area contributed by atoms with Crippen LogP contribution in [0.3, 0.4) is 0 Å². The summed E-state index contributed by atoms with van der Waals surface area (Å²) in [7, 11) is 1.61. The number of rotatable bonds is 19. The molecule has 208 valence electrons. The molecule has 0 saturated carbocycles. The van der Waals surface area contributed by atoms with Crippen LogP contribution < -0.4 is 14.8 Å². The van der Waals surface area contributed by atoms with Gasteiger partial charge in [-0.15, -0.1) is 11.8 Å². The van der Waals surface area contributed by atoms with Gasteiger partial charge in [0.05, 0.1) is 25.2 Å². The molecule has 0 aliphatic carbocycles. The molecule has 2 aromatic carbocycles. The molecule has 1 amide bonds. The van der Waals surface area contributed by atoms with Gasteiger partial charge in [-0.2, -0.15) is 0 Å². The van der Waals surface area contributed by atoms with E-state index in [1.54, 1.807) is 24.9 Å². The standard InChI is InChI=1S/C32H46N2O3S/c1-3-4-5-6-7-8-9-10-11-12-13-14-22-37-31-29(19-16-20-30(31)36-2)32(35)33-28-18-15-17-27(24-28)25-34-21-23-38-26-34/h15-21,23-24H,3-14,22,25-26H2,1-2H3,(H,33,35). The largest absolute Gasteiger partial charge is 0.493 e. The van der Waals surface area contributed by atoms with E-state index in [1.807, 2.05) is 30.3 Å². The number of para-hydroxylation sites is 1. The normalized spacial score (nSPS) is 12.6. The highest BCUT2D eigenvalue weighted by Crippen LogP contribution is 2.32. The number of amides is 1. The van der Waals surface area contributed by atoms with Crippen molar-refractivity contribution in [3.05, 3.63) is 65.2 Å². The molecule has 2 aromatic rings. The number of benzene rings is 2. The van der Waals surface area contributed by atoms with Crippen LogP contribution >= 0.6 is 11.8 Å². The van der Waals surface area contributed by atoms with Crippen LogP contribution in [0.1, 0.15) is 99.9 Å². The number of carbonyl (C=O) groups excluding carboxylic acids is 1. The lowest BCUT2D eigenvalue weighted by molar-refractivity contribution is 0.102. The molecule has 0 fully saturated rings. The Morgan fingerprint density at radius 2 is 1.61 bits per heavy atom. The van der Waals surface area contributed by atoms with Crippen molar-refractivity contribution in [2.45, 2.75) is 90.5 Å². The van der Waals surface area contributed by atoms with Gasteiger partial charge in [-0.05, 0) is 41.7 Å². The van der Waals surface area contributed by atoms with E-state index in [1.165, 1.54) is 64.2 Å². The van der Waals surface area contributed by atoms with Gasteiger partial charge in [0.2, 0.25) is 0 Å². The summed E-state index contributed by atoms with van der Waals surface area (Å²) in [6.45, 7) is 3.67. The lowest BCUT2D eigenvalue weighted by Crippen LogP contribution is -2.15. The number of carbonyl (C=O) groups is 1. The second-order valence-electron chi connectivity index (χ2n) is 10.1. The number of nitrogens with zero attached hydrogens (tertiary/aromatic N) is 1. The van der Waals surface area contributed by atoms with E-state index >= 15 is 0 Å². The fraction of sp³-hybridized carbons (Fsp3) is 0.531. The number of unbranched alkanes of at least 4 members (excludes halogenated alkanes) is 11. The van der Waals surface area contributed by atoms with Gasteiger partial charge >= 0.3 is 0 Å². The fourth-order valence-corrected chi connectivity index (χ4v) is 5.42. The maximum atomic E-state index is 13.2. The van der Waals surface area contributed by atoms with Crippen LogP contribution in [0.4, 0.5) is 5.69 Å². The zero-order chi connectivity index (χ0) is 26.8. The molecule has 0 unspecified atom stereocenters. The highest BCUT2D eigenvalue weighted by Gasteiger charge is 2.18. The summed E-state index contributed by atoms with van der Waals surface area (Å²) in [5.41, 5.74) is 2.43. The Balaban J connectivity index is 1.42. The number of hydrogen-bond donors (Lipinski definition) is 1. The quantitative estimate of drug-likeness (QED) is 0.181. The Morgan fingerprint density at radius 3 is 2.26 bits per heavy atom. The first-order valence-corrected chi connectivity index (χ1v) is 15.5. The number of hydrogen-bond acceptors (Lipinski definition) is 5. The van der Waals surface area contributed by atoms with E-state index < -0.39 is 0 Å². The van der Waals surface area contributed by atoms with E-state index in [0.29, 0.717) is 23.7 Å². The zero-order valence-corrected chi connectivity index (χ0v) is 24.2. The third-order valence-corrected chi connectivity index (χ3v) is 7.66. The van der Waals surface area contributed by atoms with E-state index in [2.05, 4.69) is 34.8 Å². The molecule has 0 spiro atoms. The zero-order valence-electron chi connectivity index (χ0n) is 23.4. The van der Waals surface area contributed by atoms with Crippen molar-refractivity contribution in [1.29, 1.82) is 0 Å². The maximum Gasteiger partial charge on any atom is 0.259 e. The molecule has 6 heteroatoms. The molecular weight excluding hydrogens is 492 g/mol. The molecule has 3 rings (SSSR count). The number of ether oxygens (including phenoxy) is 2. The minimum absolute atomic E-state index is 0.192. The molecule has 0 atom stereocenters. The first kappa shape index (κ1) is 29.9. The van der Waals surface area contributed by atoms with Gasteiger partial charge in [0.1, 0.15) is 0 Å². The summed E-state index contributed by atoms with van der Waals surface area (Å²) < 4.78 is 11.6. The van der Waals surface area contributed by atoms with Crippen LogP contribution in [-0.2, 0) is 6.54 Å². The average Bonchev–Trinajstić information content (AvgIpc) is 3.44. The Morgan fingerprint density at radius 1 is 0.921 bits per heavy atom. The minimum atomic E-state index is -0.192. The van der Waals surface area contributed by atoms with Gasteiger partial charge in [0.15, 0.2) is 11.5 Å². The maximum absolute atomic E-state index is 13.2. The summed E-state index contributed by atoms with van der Waals surface area (Å²) in [5, 5.41) is 5.15.